The summed E-state index contributed by atoms with van der Waals surface area (Å²) >= 11 is 0. The van der Waals surface area contributed by atoms with Crippen molar-refractivity contribution in [2.45, 2.75) is 38.4 Å². The fraction of sp³-hybridized carbons (Fsp3) is 0.632. The molecule has 2 unspecified atom stereocenters. The molecule has 2 rings (SSSR count). The van der Waals surface area contributed by atoms with E-state index in [2.05, 4.69) is 15.6 Å². The number of benzene rings is 1. The molecule has 1 aliphatic rings. The van der Waals surface area contributed by atoms with Crippen LogP contribution in [0.15, 0.2) is 29.3 Å². The molecule has 1 heterocycles. The van der Waals surface area contributed by atoms with Gasteiger partial charge in [0.25, 0.3) is 0 Å². The summed E-state index contributed by atoms with van der Waals surface area (Å²) in [5.74, 6) is 0.328. The SMILES string of the molecule is CCNC(=NCC(O)c1ccc(F)cc1)NCCCOCC1CCCO1. The molecule has 0 saturated carbocycles. The van der Waals surface area contributed by atoms with E-state index in [1.165, 1.54) is 12.1 Å². The van der Waals surface area contributed by atoms with Crippen molar-refractivity contribution in [1.82, 2.24) is 10.6 Å². The Morgan fingerprint density at radius 3 is 2.88 bits per heavy atom. The van der Waals surface area contributed by atoms with E-state index in [9.17, 15) is 9.50 Å². The molecule has 1 aromatic carbocycles. The highest BCUT2D eigenvalue weighted by Gasteiger charge is 2.14. The summed E-state index contributed by atoms with van der Waals surface area (Å²) in [5.41, 5.74) is 0.647. The van der Waals surface area contributed by atoms with Crippen LogP contribution in [0.25, 0.3) is 0 Å². The van der Waals surface area contributed by atoms with Gasteiger partial charge in [-0.05, 0) is 43.9 Å². The maximum absolute atomic E-state index is 12.9. The molecular weight excluding hydrogens is 337 g/mol. The van der Waals surface area contributed by atoms with Crippen molar-refractivity contribution in [2.24, 2.45) is 4.99 Å². The number of nitrogens with zero attached hydrogens (tertiary/aromatic N) is 1. The van der Waals surface area contributed by atoms with Crippen molar-refractivity contribution >= 4 is 5.96 Å². The minimum atomic E-state index is -0.763. The number of hydrogen-bond acceptors (Lipinski definition) is 4. The van der Waals surface area contributed by atoms with E-state index in [1.807, 2.05) is 6.92 Å². The summed E-state index contributed by atoms with van der Waals surface area (Å²) in [6.07, 6.45) is 2.57. The van der Waals surface area contributed by atoms with Gasteiger partial charge in [0.05, 0.1) is 25.4 Å². The molecule has 3 N–H and O–H groups in total. The number of ether oxygens (including phenoxy) is 2. The Kier molecular flexibility index (Phi) is 9.38. The van der Waals surface area contributed by atoms with Crippen LogP contribution in [0.2, 0.25) is 0 Å². The van der Waals surface area contributed by atoms with Crippen molar-refractivity contribution in [3.63, 3.8) is 0 Å². The Hall–Kier alpha value is -1.70. The molecule has 146 valence electrons. The van der Waals surface area contributed by atoms with Crippen LogP contribution in [-0.4, -0.2) is 56.6 Å². The van der Waals surface area contributed by atoms with Gasteiger partial charge in [-0.2, -0.15) is 0 Å². The van der Waals surface area contributed by atoms with Gasteiger partial charge in [0.2, 0.25) is 0 Å². The smallest absolute Gasteiger partial charge is 0.191 e. The Balaban J connectivity index is 1.65. The van der Waals surface area contributed by atoms with E-state index in [0.717, 1.165) is 39.0 Å². The number of halogens is 1. The first-order chi connectivity index (χ1) is 12.7. The minimum absolute atomic E-state index is 0.205. The number of rotatable bonds is 10. The average molecular weight is 367 g/mol. The summed E-state index contributed by atoms with van der Waals surface area (Å²) < 4.78 is 24.1. The predicted octanol–water partition coefficient (Wildman–Crippen LogP) is 2.00. The number of nitrogens with one attached hydrogen (secondary N) is 2. The number of hydrogen-bond donors (Lipinski definition) is 3. The third-order valence-corrected chi connectivity index (χ3v) is 4.11. The quantitative estimate of drug-likeness (QED) is 0.335. The molecule has 0 bridgehead atoms. The van der Waals surface area contributed by atoms with Crippen molar-refractivity contribution in [3.8, 4) is 0 Å². The fourth-order valence-corrected chi connectivity index (χ4v) is 2.68. The van der Waals surface area contributed by atoms with Crippen LogP contribution in [0.3, 0.4) is 0 Å². The monoisotopic (exact) mass is 367 g/mol. The lowest BCUT2D eigenvalue weighted by Gasteiger charge is -2.14. The predicted molar refractivity (Wildman–Crippen MR) is 99.8 cm³/mol. The second-order valence-electron chi connectivity index (χ2n) is 6.28. The molecule has 7 heteroatoms. The lowest BCUT2D eigenvalue weighted by Crippen LogP contribution is -2.38. The van der Waals surface area contributed by atoms with E-state index in [0.29, 0.717) is 24.7 Å². The molecule has 1 saturated heterocycles. The molecule has 6 nitrogen and oxygen atoms in total. The number of aliphatic hydroxyl groups is 1. The summed E-state index contributed by atoms with van der Waals surface area (Å²) in [4.78, 5) is 4.38. The second-order valence-corrected chi connectivity index (χ2v) is 6.28. The third kappa shape index (κ3) is 7.68. The largest absolute Gasteiger partial charge is 0.386 e. The highest BCUT2D eigenvalue weighted by atomic mass is 19.1. The second kappa shape index (κ2) is 11.8. The fourth-order valence-electron chi connectivity index (χ4n) is 2.68. The van der Waals surface area contributed by atoms with Crippen molar-refractivity contribution in [1.29, 1.82) is 0 Å². The normalized spacial score (nSPS) is 18.7. The zero-order valence-corrected chi connectivity index (χ0v) is 15.4. The summed E-state index contributed by atoms with van der Waals surface area (Å²) in [5, 5.41) is 16.5. The molecule has 0 spiro atoms. The lowest BCUT2D eigenvalue weighted by molar-refractivity contribution is 0.0168. The molecule has 26 heavy (non-hydrogen) atoms. The van der Waals surface area contributed by atoms with Gasteiger partial charge >= 0.3 is 0 Å². The standard InChI is InChI=1S/C19H30FN3O3/c1-2-21-19(22-10-4-11-25-14-17-5-3-12-26-17)23-13-18(24)15-6-8-16(20)9-7-15/h6-9,17-18,24H,2-5,10-14H2,1H3,(H2,21,22,23). The molecule has 1 aromatic rings. The Labute approximate surface area is 154 Å². The molecule has 1 aliphatic heterocycles. The Bertz CT molecular complexity index is 533. The van der Waals surface area contributed by atoms with Crippen LogP contribution in [-0.2, 0) is 9.47 Å². The first-order valence-corrected chi connectivity index (χ1v) is 9.34. The van der Waals surface area contributed by atoms with Crippen LogP contribution < -0.4 is 10.6 Å². The zero-order chi connectivity index (χ0) is 18.6. The van der Waals surface area contributed by atoms with E-state index in [1.54, 1.807) is 12.1 Å². The summed E-state index contributed by atoms with van der Waals surface area (Å²) in [6.45, 7) is 5.83. The first-order valence-electron chi connectivity index (χ1n) is 9.34. The molecule has 0 radical (unpaired) electrons. The molecule has 0 aliphatic carbocycles. The minimum Gasteiger partial charge on any atom is -0.386 e. The van der Waals surface area contributed by atoms with E-state index < -0.39 is 6.10 Å². The zero-order valence-electron chi connectivity index (χ0n) is 15.4. The maximum Gasteiger partial charge on any atom is 0.191 e. The van der Waals surface area contributed by atoms with Gasteiger partial charge < -0.3 is 25.2 Å². The Morgan fingerprint density at radius 2 is 2.19 bits per heavy atom. The molecule has 0 amide bonds. The van der Waals surface area contributed by atoms with Crippen LogP contribution >= 0.6 is 0 Å². The van der Waals surface area contributed by atoms with E-state index in [-0.39, 0.29) is 18.5 Å². The third-order valence-electron chi connectivity index (χ3n) is 4.11. The van der Waals surface area contributed by atoms with Gasteiger partial charge in [0.15, 0.2) is 5.96 Å². The van der Waals surface area contributed by atoms with E-state index in [4.69, 9.17) is 9.47 Å². The Morgan fingerprint density at radius 1 is 1.38 bits per heavy atom. The average Bonchev–Trinajstić information content (AvgIpc) is 3.16. The molecular formula is C19H30FN3O3. The van der Waals surface area contributed by atoms with E-state index >= 15 is 0 Å². The van der Waals surface area contributed by atoms with Crippen LogP contribution in [0.5, 0.6) is 0 Å². The highest BCUT2D eigenvalue weighted by Crippen LogP contribution is 2.13. The number of aliphatic hydroxyl groups excluding tert-OH is 1. The van der Waals surface area contributed by atoms with Crippen molar-refractivity contribution < 1.29 is 19.0 Å². The van der Waals surface area contributed by atoms with Gasteiger partial charge in [-0.15, -0.1) is 0 Å². The van der Waals surface area contributed by atoms with Crippen LogP contribution in [0, 0.1) is 5.82 Å². The van der Waals surface area contributed by atoms with Gasteiger partial charge in [-0.1, -0.05) is 12.1 Å². The first kappa shape index (κ1) is 20.6. The van der Waals surface area contributed by atoms with Crippen molar-refractivity contribution in [2.75, 3.05) is 39.5 Å². The van der Waals surface area contributed by atoms with Crippen molar-refractivity contribution in [3.05, 3.63) is 35.6 Å². The number of aliphatic imine (C=N–C) groups is 1. The van der Waals surface area contributed by atoms with Crippen LogP contribution in [0.1, 0.15) is 37.9 Å². The lowest BCUT2D eigenvalue weighted by atomic mass is 10.1. The van der Waals surface area contributed by atoms with Gasteiger partial charge in [0, 0.05) is 26.3 Å². The molecule has 0 aromatic heterocycles. The topological polar surface area (TPSA) is 75.1 Å². The summed E-state index contributed by atoms with van der Waals surface area (Å²) in [6, 6.07) is 5.81. The molecule has 2 atom stereocenters. The van der Waals surface area contributed by atoms with Gasteiger partial charge in [0.1, 0.15) is 5.82 Å². The van der Waals surface area contributed by atoms with Gasteiger partial charge in [-0.25, -0.2) is 4.39 Å². The maximum atomic E-state index is 12.9. The van der Waals surface area contributed by atoms with Gasteiger partial charge in [-0.3, -0.25) is 4.99 Å². The highest BCUT2D eigenvalue weighted by molar-refractivity contribution is 5.79. The number of guanidine groups is 1. The van der Waals surface area contributed by atoms with Crippen LogP contribution in [0.4, 0.5) is 4.39 Å². The summed E-state index contributed by atoms with van der Waals surface area (Å²) in [7, 11) is 0. The molecule has 1 fully saturated rings.